The first-order chi connectivity index (χ1) is 11.6. The van der Waals surface area contributed by atoms with E-state index in [-0.39, 0.29) is 23.1 Å². The Morgan fingerprint density at radius 2 is 1.52 bits per heavy atom. The lowest BCUT2D eigenvalue weighted by Gasteiger charge is -2.14. The van der Waals surface area contributed by atoms with E-state index in [1.807, 2.05) is 33.8 Å². The highest BCUT2D eigenvalue weighted by atomic mass is 35.5. The third kappa shape index (κ3) is 3.90. The third-order valence-electron chi connectivity index (χ3n) is 4.47. The van der Waals surface area contributed by atoms with Crippen molar-refractivity contribution >= 4 is 23.4 Å². The Kier molecular flexibility index (Phi) is 5.63. The zero-order valence-corrected chi connectivity index (χ0v) is 16.2. The van der Waals surface area contributed by atoms with Crippen LogP contribution < -0.4 is 0 Å². The van der Waals surface area contributed by atoms with Crippen LogP contribution in [-0.4, -0.2) is 23.3 Å². The molecule has 0 unspecified atom stereocenters. The number of pyridine rings is 1. The summed E-state index contributed by atoms with van der Waals surface area (Å²) in [5, 5.41) is 0.0912. The molecule has 0 atom stereocenters. The van der Waals surface area contributed by atoms with Gasteiger partial charge in [-0.1, -0.05) is 17.7 Å². The number of esters is 1. The van der Waals surface area contributed by atoms with Gasteiger partial charge in [0.1, 0.15) is 5.15 Å². The molecule has 4 nitrogen and oxygen atoms in total. The quantitative estimate of drug-likeness (QED) is 0.454. The predicted octanol–water partition coefficient (Wildman–Crippen LogP) is 4.63. The highest BCUT2D eigenvalue weighted by Crippen LogP contribution is 2.23. The van der Waals surface area contributed by atoms with E-state index in [1.54, 1.807) is 19.9 Å². The molecule has 2 aromatic rings. The number of aryl methyl sites for hydroxylation is 4. The number of halogens is 1. The molecule has 0 N–H and O–H groups in total. The summed E-state index contributed by atoms with van der Waals surface area (Å²) in [5.74, 6) is -0.859. The van der Waals surface area contributed by atoms with Crippen molar-refractivity contribution in [3.63, 3.8) is 0 Å². The second kappa shape index (κ2) is 7.36. The number of carbonyl (C=O) groups excluding carboxylic acids is 2. The van der Waals surface area contributed by atoms with E-state index >= 15 is 0 Å². The van der Waals surface area contributed by atoms with E-state index in [4.69, 9.17) is 16.3 Å². The molecule has 1 aromatic carbocycles. The maximum absolute atomic E-state index is 12.6. The number of rotatable bonds is 4. The lowest BCUT2D eigenvalue weighted by atomic mass is 9.92. The van der Waals surface area contributed by atoms with Gasteiger partial charge in [-0.2, -0.15) is 0 Å². The Labute approximate surface area is 153 Å². The largest absolute Gasteiger partial charge is 0.454 e. The van der Waals surface area contributed by atoms with Crippen molar-refractivity contribution in [2.45, 2.75) is 41.5 Å². The average Bonchev–Trinajstić information content (AvgIpc) is 2.49. The van der Waals surface area contributed by atoms with E-state index in [1.165, 1.54) is 0 Å². The second-order valence-corrected chi connectivity index (χ2v) is 6.74. The van der Waals surface area contributed by atoms with E-state index in [9.17, 15) is 9.59 Å². The first kappa shape index (κ1) is 19.1. The van der Waals surface area contributed by atoms with E-state index < -0.39 is 5.97 Å². The van der Waals surface area contributed by atoms with Gasteiger partial charge in [-0.15, -0.1) is 0 Å². The van der Waals surface area contributed by atoms with Crippen molar-refractivity contribution in [2.75, 3.05) is 6.61 Å². The molecule has 0 bridgehead atoms. The first-order valence-corrected chi connectivity index (χ1v) is 8.42. The molecule has 0 aliphatic carbocycles. The number of ether oxygens (including phenoxy) is 1. The van der Waals surface area contributed by atoms with E-state index in [0.717, 1.165) is 27.9 Å². The van der Waals surface area contributed by atoms with E-state index in [0.29, 0.717) is 11.1 Å². The first-order valence-electron chi connectivity index (χ1n) is 8.05. The lowest BCUT2D eigenvalue weighted by Crippen LogP contribution is -2.18. The van der Waals surface area contributed by atoms with Crippen molar-refractivity contribution in [3.8, 4) is 0 Å². The SMILES string of the molecule is Cc1cc(C)c(C(=O)OCC(=O)c2c(C)cc(C)c(C)c2C)c(Cl)n1. The molecule has 0 aliphatic heterocycles. The molecule has 0 saturated heterocycles. The minimum Gasteiger partial charge on any atom is -0.454 e. The predicted molar refractivity (Wildman–Crippen MR) is 98.7 cm³/mol. The van der Waals surface area contributed by atoms with Crippen molar-refractivity contribution < 1.29 is 14.3 Å². The minimum absolute atomic E-state index is 0.0912. The molecule has 0 amide bonds. The zero-order valence-electron chi connectivity index (χ0n) is 15.4. The Morgan fingerprint density at radius 3 is 2.12 bits per heavy atom. The van der Waals surface area contributed by atoms with Crippen molar-refractivity contribution in [1.82, 2.24) is 4.98 Å². The molecule has 0 saturated carbocycles. The molecule has 0 radical (unpaired) electrons. The topological polar surface area (TPSA) is 56.3 Å². The fourth-order valence-corrected chi connectivity index (χ4v) is 3.38. The van der Waals surface area contributed by atoms with Crippen molar-refractivity contribution in [1.29, 1.82) is 0 Å². The Hall–Kier alpha value is -2.20. The summed E-state index contributed by atoms with van der Waals surface area (Å²) in [5.41, 5.74) is 6.22. The van der Waals surface area contributed by atoms with Crippen LogP contribution in [0.2, 0.25) is 5.15 Å². The Morgan fingerprint density at radius 1 is 0.920 bits per heavy atom. The summed E-state index contributed by atoms with van der Waals surface area (Å²) in [4.78, 5) is 29.0. The van der Waals surface area contributed by atoms with Gasteiger partial charge in [-0.05, 0) is 75.4 Å². The Bertz CT molecular complexity index is 849. The van der Waals surface area contributed by atoms with Gasteiger partial charge in [0.2, 0.25) is 5.78 Å². The van der Waals surface area contributed by atoms with Crippen molar-refractivity contribution in [2.24, 2.45) is 0 Å². The van der Waals surface area contributed by atoms with Crippen LogP contribution in [0.25, 0.3) is 0 Å². The molecule has 1 heterocycles. The number of Topliss-reactive ketones (excluding diaryl/α,β-unsaturated/α-hetero) is 1. The molecular formula is C20H22ClNO3. The number of hydrogen-bond donors (Lipinski definition) is 0. The molecule has 132 valence electrons. The molecular weight excluding hydrogens is 338 g/mol. The minimum atomic E-state index is -0.637. The highest BCUT2D eigenvalue weighted by molar-refractivity contribution is 6.32. The van der Waals surface area contributed by atoms with Crippen LogP contribution in [0.5, 0.6) is 0 Å². The number of nitrogens with zero attached hydrogens (tertiary/aromatic N) is 1. The summed E-state index contributed by atoms with van der Waals surface area (Å²) >= 11 is 6.05. The average molecular weight is 360 g/mol. The number of aromatic nitrogens is 1. The smallest absolute Gasteiger partial charge is 0.342 e. The van der Waals surface area contributed by atoms with Crippen LogP contribution in [0.3, 0.4) is 0 Å². The fraction of sp³-hybridized carbons (Fsp3) is 0.350. The molecule has 0 spiro atoms. The van der Waals surface area contributed by atoms with Crippen LogP contribution in [-0.2, 0) is 4.74 Å². The Balaban J connectivity index is 2.22. The monoisotopic (exact) mass is 359 g/mol. The molecule has 0 aliphatic rings. The van der Waals surface area contributed by atoms with E-state index in [2.05, 4.69) is 4.98 Å². The maximum Gasteiger partial charge on any atom is 0.342 e. The molecule has 25 heavy (non-hydrogen) atoms. The van der Waals surface area contributed by atoms with Gasteiger partial charge >= 0.3 is 5.97 Å². The summed E-state index contributed by atoms with van der Waals surface area (Å²) in [6.45, 7) is 11.0. The third-order valence-corrected chi connectivity index (χ3v) is 4.75. The van der Waals surface area contributed by atoms with Gasteiger partial charge in [-0.25, -0.2) is 9.78 Å². The van der Waals surface area contributed by atoms with Gasteiger partial charge < -0.3 is 4.74 Å². The number of hydrogen-bond acceptors (Lipinski definition) is 4. The van der Waals surface area contributed by atoms with Gasteiger partial charge in [0, 0.05) is 11.3 Å². The van der Waals surface area contributed by atoms with Gasteiger partial charge in [-0.3, -0.25) is 4.79 Å². The highest BCUT2D eigenvalue weighted by Gasteiger charge is 2.20. The normalized spacial score (nSPS) is 10.7. The number of benzene rings is 1. The van der Waals surface area contributed by atoms with Crippen LogP contribution in [0.4, 0.5) is 0 Å². The summed E-state index contributed by atoms with van der Waals surface area (Å²) < 4.78 is 5.21. The molecule has 0 fully saturated rings. The standard InChI is InChI=1S/C20H22ClNO3/c1-10-7-11(2)17(15(6)14(10)5)16(23)9-25-20(24)18-12(3)8-13(4)22-19(18)21/h7-8H,9H2,1-6H3. The second-order valence-electron chi connectivity index (χ2n) is 6.38. The maximum atomic E-state index is 12.6. The van der Waals surface area contributed by atoms with Gasteiger partial charge in [0.05, 0.1) is 5.56 Å². The van der Waals surface area contributed by atoms with Gasteiger partial charge in [0.15, 0.2) is 6.61 Å². The molecule has 2 rings (SSSR count). The summed E-state index contributed by atoms with van der Waals surface area (Å²) in [6.07, 6.45) is 0. The zero-order chi connectivity index (χ0) is 18.9. The summed E-state index contributed by atoms with van der Waals surface area (Å²) in [6, 6.07) is 3.73. The van der Waals surface area contributed by atoms with Crippen molar-refractivity contribution in [3.05, 3.63) is 61.9 Å². The molecule has 1 aromatic heterocycles. The lowest BCUT2D eigenvalue weighted by molar-refractivity contribution is 0.0473. The number of carbonyl (C=O) groups is 2. The van der Waals surface area contributed by atoms with Crippen LogP contribution in [0, 0.1) is 41.5 Å². The van der Waals surface area contributed by atoms with Crippen LogP contribution in [0.1, 0.15) is 54.2 Å². The van der Waals surface area contributed by atoms with Crippen LogP contribution in [0.15, 0.2) is 12.1 Å². The van der Waals surface area contributed by atoms with Gasteiger partial charge in [0.25, 0.3) is 0 Å². The fourth-order valence-electron chi connectivity index (χ4n) is 3.03. The molecule has 5 heteroatoms. The van der Waals surface area contributed by atoms with Crippen LogP contribution >= 0.6 is 11.6 Å². The number of ketones is 1. The summed E-state index contributed by atoms with van der Waals surface area (Å²) in [7, 11) is 0.